The van der Waals surface area contributed by atoms with Gasteiger partial charge < -0.3 is 5.32 Å². The Morgan fingerprint density at radius 3 is 3.17 bits per heavy atom. The lowest BCUT2D eigenvalue weighted by molar-refractivity contribution is 0.0883. The number of nitrogens with one attached hydrogen (secondary N) is 1. The van der Waals surface area contributed by atoms with Crippen LogP contribution in [0, 0.1) is 0 Å². The molecule has 2 rings (SSSR count). The van der Waals surface area contributed by atoms with Gasteiger partial charge in [0.1, 0.15) is 0 Å². The maximum Gasteiger partial charge on any atom is 0.0334 e. The molecule has 12 heavy (non-hydrogen) atoms. The van der Waals surface area contributed by atoms with Crippen molar-refractivity contribution in [2.45, 2.75) is 44.2 Å². The zero-order chi connectivity index (χ0) is 8.60. The normalized spacial score (nSPS) is 42.0. The van der Waals surface area contributed by atoms with Crippen LogP contribution in [0.15, 0.2) is 0 Å². The highest BCUT2D eigenvalue weighted by atomic mass is 15.3. The molecule has 2 aliphatic heterocycles. The highest BCUT2D eigenvalue weighted by Gasteiger charge is 2.45. The van der Waals surface area contributed by atoms with Gasteiger partial charge in [-0.25, -0.2) is 0 Å². The standard InChI is InChI=1S/C10H20N2/c1-3-5-10-6-4-9(12(10)2)7-11-8-10/h9,11H,3-8H2,1-2H3. The molecule has 70 valence electrons. The van der Waals surface area contributed by atoms with Gasteiger partial charge in [0.05, 0.1) is 0 Å². The van der Waals surface area contributed by atoms with Crippen LogP contribution >= 0.6 is 0 Å². The van der Waals surface area contributed by atoms with Gasteiger partial charge in [0, 0.05) is 24.7 Å². The molecule has 2 heterocycles. The molecule has 2 unspecified atom stereocenters. The molecular formula is C10H20N2. The molecule has 0 aliphatic carbocycles. The fourth-order valence-corrected chi connectivity index (χ4v) is 2.97. The molecule has 0 spiro atoms. The van der Waals surface area contributed by atoms with E-state index in [-0.39, 0.29) is 0 Å². The van der Waals surface area contributed by atoms with E-state index in [9.17, 15) is 0 Å². The fraction of sp³-hybridized carbons (Fsp3) is 1.00. The second kappa shape index (κ2) is 3.00. The second-order valence-corrected chi connectivity index (χ2v) is 4.41. The molecule has 0 aromatic rings. The largest absolute Gasteiger partial charge is 0.313 e. The molecule has 2 atom stereocenters. The minimum Gasteiger partial charge on any atom is -0.313 e. The molecule has 1 N–H and O–H groups in total. The van der Waals surface area contributed by atoms with Gasteiger partial charge in [-0.1, -0.05) is 13.3 Å². The number of likely N-dealkylation sites (N-methyl/N-ethyl adjacent to an activating group) is 1. The second-order valence-electron chi connectivity index (χ2n) is 4.41. The van der Waals surface area contributed by atoms with E-state index in [0.29, 0.717) is 5.54 Å². The number of rotatable bonds is 2. The first-order valence-electron chi connectivity index (χ1n) is 5.22. The summed E-state index contributed by atoms with van der Waals surface area (Å²) in [4.78, 5) is 2.63. The highest BCUT2D eigenvalue weighted by Crippen LogP contribution is 2.37. The van der Waals surface area contributed by atoms with Crippen LogP contribution in [0.2, 0.25) is 0 Å². The van der Waals surface area contributed by atoms with E-state index in [2.05, 4.69) is 24.2 Å². The molecule has 2 saturated heterocycles. The summed E-state index contributed by atoms with van der Waals surface area (Å²) in [7, 11) is 2.31. The Kier molecular flexibility index (Phi) is 2.13. The van der Waals surface area contributed by atoms with Crippen LogP contribution in [0.3, 0.4) is 0 Å². The van der Waals surface area contributed by atoms with Crippen molar-refractivity contribution in [3.8, 4) is 0 Å². The van der Waals surface area contributed by atoms with E-state index in [1.54, 1.807) is 0 Å². The summed E-state index contributed by atoms with van der Waals surface area (Å²) < 4.78 is 0. The van der Waals surface area contributed by atoms with Crippen molar-refractivity contribution in [1.29, 1.82) is 0 Å². The van der Waals surface area contributed by atoms with Crippen LogP contribution < -0.4 is 5.32 Å². The van der Waals surface area contributed by atoms with E-state index >= 15 is 0 Å². The molecule has 2 bridgehead atoms. The zero-order valence-electron chi connectivity index (χ0n) is 8.27. The van der Waals surface area contributed by atoms with Gasteiger partial charge in [0.15, 0.2) is 0 Å². The Morgan fingerprint density at radius 2 is 2.42 bits per heavy atom. The number of fused-ring (bicyclic) bond motifs is 2. The van der Waals surface area contributed by atoms with Gasteiger partial charge in [0.25, 0.3) is 0 Å². The van der Waals surface area contributed by atoms with Crippen molar-refractivity contribution < 1.29 is 0 Å². The highest BCUT2D eigenvalue weighted by molar-refractivity contribution is 5.04. The third kappa shape index (κ3) is 1.09. The van der Waals surface area contributed by atoms with E-state index in [1.165, 1.54) is 38.8 Å². The Balaban J connectivity index is 2.12. The predicted molar refractivity (Wildman–Crippen MR) is 51.3 cm³/mol. The maximum absolute atomic E-state index is 3.56. The molecule has 0 aromatic carbocycles. The summed E-state index contributed by atoms with van der Waals surface area (Å²) in [5.74, 6) is 0. The van der Waals surface area contributed by atoms with Crippen LogP contribution in [0.1, 0.15) is 32.6 Å². The minimum absolute atomic E-state index is 0.525. The van der Waals surface area contributed by atoms with Crippen LogP contribution in [0.25, 0.3) is 0 Å². The summed E-state index contributed by atoms with van der Waals surface area (Å²) in [6.45, 7) is 4.72. The van der Waals surface area contributed by atoms with Gasteiger partial charge >= 0.3 is 0 Å². The van der Waals surface area contributed by atoms with Gasteiger partial charge in [-0.2, -0.15) is 0 Å². The summed E-state index contributed by atoms with van der Waals surface area (Å²) in [5.41, 5.74) is 0.525. The average Bonchev–Trinajstić information content (AvgIpc) is 2.30. The summed E-state index contributed by atoms with van der Waals surface area (Å²) in [5, 5.41) is 3.56. The average molecular weight is 168 g/mol. The van der Waals surface area contributed by atoms with Crippen molar-refractivity contribution in [2.75, 3.05) is 20.1 Å². The Hall–Kier alpha value is -0.0800. The Labute approximate surface area is 75.3 Å². The van der Waals surface area contributed by atoms with Gasteiger partial charge in [0.2, 0.25) is 0 Å². The SMILES string of the molecule is CCCC12CCC(CNC1)N2C. The lowest BCUT2D eigenvalue weighted by Crippen LogP contribution is -2.58. The quantitative estimate of drug-likeness (QED) is 0.667. The van der Waals surface area contributed by atoms with Gasteiger partial charge in [-0.05, 0) is 26.3 Å². The van der Waals surface area contributed by atoms with E-state index < -0.39 is 0 Å². The predicted octanol–water partition coefficient (Wildman–Crippen LogP) is 1.22. The summed E-state index contributed by atoms with van der Waals surface area (Å²) in [6.07, 6.45) is 5.50. The molecule has 0 aromatic heterocycles. The molecule has 0 radical (unpaired) electrons. The van der Waals surface area contributed by atoms with E-state index in [0.717, 1.165) is 6.04 Å². The zero-order valence-corrected chi connectivity index (χ0v) is 8.27. The third-order valence-electron chi connectivity index (χ3n) is 3.79. The number of nitrogens with zero attached hydrogens (tertiary/aromatic N) is 1. The number of hydrogen-bond acceptors (Lipinski definition) is 2. The molecule has 2 fully saturated rings. The van der Waals surface area contributed by atoms with Crippen LogP contribution in [0.5, 0.6) is 0 Å². The molecule has 2 heteroatoms. The molecular weight excluding hydrogens is 148 g/mol. The minimum atomic E-state index is 0.525. The summed E-state index contributed by atoms with van der Waals surface area (Å²) >= 11 is 0. The summed E-state index contributed by atoms with van der Waals surface area (Å²) in [6, 6.07) is 0.824. The van der Waals surface area contributed by atoms with Crippen LogP contribution in [0.4, 0.5) is 0 Å². The van der Waals surface area contributed by atoms with E-state index in [4.69, 9.17) is 0 Å². The first-order chi connectivity index (χ1) is 5.78. The van der Waals surface area contributed by atoms with Crippen molar-refractivity contribution >= 4 is 0 Å². The number of piperazine rings is 1. The molecule has 0 amide bonds. The van der Waals surface area contributed by atoms with Crippen molar-refractivity contribution in [3.05, 3.63) is 0 Å². The van der Waals surface area contributed by atoms with Crippen molar-refractivity contribution in [2.24, 2.45) is 0 Å². The topological polar surface area (TPSA) is 15.3 Å². The lowest BCUT2D eigenvalue weighted by Gasteiger charge is -2.43. The van der Waals surface area contributed by atoms with Gasteiger partial charge in [-0.3, -0.25) is 4.90 Å². The monoisotopic (exact) mass is 168 g/mol. The first-order valence-corrected chi connectivity index (χ1v) is 5.22. The van der Waals surface area contributed by atoms with Crippen molar-refractivity contribution in [1.82, 2.24) is 10.2 Å². The Bertz CT molecular complexity index is 160. The smallest absolute Gasteiger partial charge is 0.0334 e. The third-order valence-corrected chi connectivity index (χ3v) is 3.79. The molecule has 2 aliphatic rings. The maximum atomic E-state index is 3.56. The van der Waals surface area contributed by atoms with E-state index in [1.807, 2.05) is 0 Å². The Morgan fingerprint density at radius 1 is 1.58 bits per heavy atom. The first kappa shape index (κ1) is 8.52. The van der Waals surface area contributed by atoms with Crippen LogP contribution in [-0.2, 0) is 0 Å². The van der Waals surface area contributed by atoms with Crippen LogP contribution in [-0.4, -0.2) is 36.6 Å². The lowest BCUT2D eigenvalue weighted by atomic mass is 9.90. The molecule has 0 saturated carbocycles. The number of hydrogen-bond donors (Lipinski definition) is 1. The molecule has 2 nitrogen and oxygen atoms in total. The fourth-order valence-electron chi connectivity index (χ4n) is 2.97. The van der Waals surface area contributed by atoms with Crippen molar-refractivity contribution in [3.63, 3.8) is 0 Å². The van der Waals surface area contributed by atoms with Gasteiger partial charge in [-0.15, -0.1) is 0 Å².